The number of fused-ring (bicyclic) bond motifs is 1. The molecule has 6 heteroatoms. The lowest BCUT2D eigenvalue weighted by Crippen LogP contribution is -2.32. The number of carbonyl (C=O) groups excluding carboxylic acids is 1. The molecule has 0 spiro atoms. The predicted molar refractivity (Wildman–Crippen MR) is 125 cm³/mol. The van der Waals surface area contributed by atoms with Gasteiger partial charge in [-0.1, -0.05) is 39.0 Å². The SMILES string of the molecule is COC(=O)CCC(C)(c1ccc2cc(O[C@H]3CC[C@H](C(C)(C)C)CC3)ccc2c1)[N+](=O)[O-]. The summed E-state index contributed by atoms with van der Waals surface area (Å²) in [4.78, 5) is 23.1. The first kappa shape index (κ1) is 24.0. The second-order valence-corrected chi connectivity index (χ2v) is 10.3. The number of methoxy groups -OCH3 is 1. The second-order valence-electron chi connectivity index (χ2n) is 10.3. The highest BCUT2D eigenvalue weighted by molar-refractivity contribution is 5.84. The highest BCUT2D eigenvalue weighted by atomic mass is 16.6. The second kappa shape index (κ2) is 9.47. The van der Waals surface area contributed by atoms with Crippen molar-refractivity contribution in [1.29, 1.82) is 0 Å². The van der Waals surface area contributed by atoms with E-state index >= 15 is 0 Å². The molecule has 3 rings (SSSR count). The molecule has 0 N–H and O–H groups in total. The molecular weight excluding hydrogens is 406 g/mol. The molecule has 0 radical (unpaired) electrons. The van der Waals surface area contributed by atoms with Crippen LogP contribution in [0.15, 0.2) is 36.4 Å². The summed E-state index contributed by atoms with van der Waals surface area (Å²) in [6, 6.07) is 11.4. The van der Waals surface area contributed by atoms with Crippen molar-refractivity contribution < 1.29 is 19.2 Å². The van der Waals surface area contributed by atoms with Crippen molar-refractivity contribution >= 4 is 16.7 Å². The van der Waals surface area contributed by atoms with Gasteiger partial charge < -0.3 is 9.47 Å². The van der Waals surface area contributed by atoms with Gasteiger partial charge in [-0.05, 0) is 66.0 Å². The third kappa shape index (κ3) is 5.40. The van der Waals surface area contributed by atoms with E-state index in [1.54, 1.807) is 13.0 Å². The fourth-order valence-electron chi connectivity index (χ4n) is 4.66. The van der Waals surface area contributed by atoms with E-state index in [-0.39, 0.29) is 23.9 Å². The number of hydrogen-bond acceptors (Lipinski definition) is 5. The van der Waals surface area contributed by atoms with Crippen molar-refractivity contribution in [1.82, 2.24) is 0 Å². The first-order chi connectivity index (χ1) is 15.0. The average molecular weight is 442 g/mol. The minimum absolute atomic E-state index is 0.00372. The standard InChI is InChI=1S/C26H35NO5/c1-25(2,3)20-9-12-22(13-10-20)32-23-11-7-18-16-21(8-6-19(18)17-23)26(4,27(29)30)15-14-24(28)31-5/h6-8,11,16-17,20,22H,9-10,12-15H2,1-5H3/t20-,22-,26?. The van der Waals surface area contributed by atoms with Gasteiger partial charge in [-0.2, -0.15) is 0 Å². The van der Waals surface area contributed by atoms with Crippen molar-refractivity contribution in [2.75, 3.05) is 7.11 Å². The molecule has 1 fully saturated rings. The Bertz CT molecular complexity index is 972. The van der Waals surface area contributed by atoms with Gasteiger partial charge in [0.1, 0.15) is 5.75 Å². The normalized spacial score (nSPS) is 21.0. The summed E-state index contributed by atoms with van der Waals surface area (Å²) >= 11 is 0. The minimum atomic E-state index is -1.36. The molecule has 32 heavy (non-hydrogen) atoms. The predicted octanol–water partition coefficient (Wildman–Crippen LogP) is 6.27. The van der Waals surface area contributed by atoms with Gasteiger partial charge in [-0.3, -0.25) is 14.9 Å². The average Bonchev–Trinajstić information content (AvgIpc) is 2.76. The number of esters is 1. The Kier molecular flexibility index (Phi) is 7.11. The first-order valence-corrected chi connectivity index (χ1v) is 11.4. The van der Waals surface area contributed by atoms with E-state index in [0.717, 1.165) is 35.3 Å². The summed E-state index contributed by atoms with van der Waals surface area (Å²) in [5.74, 6) is 1.14. The highest BCUT2D eigenvalue weighted by Crippen LogP contribution is 2.39. The van der Waals surface area contributed by atoms with Crippen LogP contribution in [0.25, 0.3) is 10.8 Å². The zero-order valence-electron chi connectivity index (χ0n) is 19.8. The lowest BCUT2D eigenvalue weighted by atomic mass is 9.72. The van der Waals surface area contributed by atoms with E-state index in [1.807, 2.05) is 30.3 Å². The molecule has 1 atom stereocenters. The third-order valence-corrected chi connectivity index (χ3v) is 7.08. The van der Waals surface area contributed by atoms with Gasteiger partial charge in [-0.25, -0.2) is 0 Å². The van der Waals surface area contributed by atoms with Crippen LogP contribution in [0.4, 0.5) is 0 Å². The van der Waals surface area contributed by atoms with Crippen LogP contribution in [0.5, 0.6) is 5.75 Å². The van der Waals surface area contributed by atoms with Crippen molar-refractivity contribution in [2.24, 2.45) is 11.3 Å². The number of benzene rings is 2. The molecular formula is C26H35NO5. The molecule has 0 aromatic heterocycles. The number of nitro groups is 1. The van der Waals surface area contributed by atoms with Gasteiger partial charge in [0.25, 0.3) is 0 Å². The zero-order valence-corrected chi connectivity index (χ0v) is 19.8. The summed E-state index contributed by atoms with van der Waals surface area (Å²) in [5.41, 5.74) is -0.433. The molecule has 2 aromatic carbocycles. The van der Waals surface area contributed by atoms with Gasteiger partial charge in [0.05, 0.1) is 19.6 Å². The smallest absolute Gasteiger partial charge is 0.305 e. The van der Waals surface area contributed by atoms with Crippen LogP contribution in [0.1, 0.15) is 71.8 Å². The van der Waals surface area contributed by atoms with Gasteiger partial charge in [-0.15, -0.1) is 0 Å². The summed E-state index contributed by atoms with van der Waals surface area (Å²) in [6.07, 6.45) is 4.83. The number of rotatable bonds is 7. The molecule has 1 aliphatic rings. The van der Waals surface area contributed by atoms with Crippen molar-refractivity contribution in [3.63, 3.8) is 0 Å². The maximum Gasteiger partial charge on any atom is 0.305 e. The molecule has 0 bridgehead atoms. The van der Waals surface area contributed by atoms with Crippen LogP contribution in [0, 0.1) is 21.4 Å². The highest BCUT2D eigenvalue weighted by Gasteiger charge is 2.40. The Morgan fingerprint density at radius 2 is 1.66 bits per heavy atom. The largest absolute Gasteiger partial charge is 0.490 e. The van der Waals surface area contributed by atoms with Crippen molar-refractivity contribution in [3.8, 4) is 5.75 Å². The van der Waals surface area contributed by atoms with E-state index in [4.69, 9.17) is 4.74 Å². The maximum absolute atomic E-state index is 11.9. The third-order valence-electron chi connectivity index (χ3n) is 7.08. The molecule has 174 valence electrons. The number of hydrogen-bond donors (Lipinski definition) is 0. The minimum Gasteiger partial charge on any atom is -0.490 e. The Hall–Kier alpha value is -2.63. The molecule has 1 saturated carbocycles. The monoisotopic (exact) mass is 441 g/mol. The molecule has 1 aliphatic carbocycles. The van der Waals surface area contributed by atoms with Crippen molar-refractivity contribution in [3.05, 3.63) is 52.1 Å². The first-order valence-electron chi connectivity index (χ1n) is 11.4. The van der Waals surface area contributed by atoms with Gasteiger partial charge in [0, 0.05) is 23.8 Å². The summed E-state index contributed by atoms with van der Waals surface area (Å²) < 4.78 is 10.9. The summed E-state index contributed by atoms with van der Waals surface area (Å²) in [5, 5.41) is 13.7. The van der Waals surface area contributed by atoms with Crippen LogP contribution in [-0.4, -0.2) is 24.1 Å². The maximum atomic E-state index is 11.9. The van der Waals surface area contributed by atoms with Crippen LogP contribution in [0.3, 0.4) is 0 Å². The van der Waals surface area contributed by atoms with E-state index in [2.05, 4.69) is 25.5 Å². The number of nitrogens with zero attached hydrogens (tertiary/aromatic N) is 1. The molecule has 2 aromatic rings. The quantitative estimate of drug-likeness (QED) is 0.287. The molecule has 0 heterocycles. The number of carbonyl (C=O) groups is 1. The lowest BCUT2D eigenvalue weighted by molar-refractivity contribution is -0.575. The fourth-order valence-corrected chi connectivity index (χ4v) is 4.66. The Morgan fingerprint density at radius 3 is 2.25 bits per heavy atom. The van der Waals surface area contributed by atoms with E-state index in [9.17, 15) is 14.9 Å². The summed E-state index contributed by atoms with van der Waals surface area (Å²) in [6.45, 7) is 8.50. The van der Waals surface area contributed by atoms with E-state index in [0.29, 0.717) is 11.0 Å². The van der Waals surface area contributed by atoms with E-state index in [1.165, 1.54) is 20.0 Å². The Balaban J connectivity index is 1.73. The van der Waals surface area contributed by atoms with Crippen LogP contribution in [-0.2, 0) is 15.1 Å². The van der Waals surface area contributed by atoms with Gasteiger partial charge in [0.15, 0.2) is 0 Å². The van der Waals surface area contributed by atoms with E-state index < -0.39 is 11.5 Å². The molecule has 0 saturated heterocycles. The number of ether oxygens (including phenoxy) is 2. The molecule has 1 unspecified atom stereocenters. The fraction of sp³-hybridized carbons (Fsp3) is 0.577. The molecule has 0 aliphatic heterocycles. The van der Waals surface area contributed by atoms with Gasteiger partial charge >= 0.3 is 5.97 Å². The van der Waals surface area contributed by atoms with Crippen molar-refractivity contribution in [2.45, 2.75) is 77.9 Å². The Labute approximate surface area is 190 Å². The lowest BCUT2D eigenvalue weighted by Gasteiger charge is -2.37. The summed E-state index contributed by atoms with van der Waals surface area (Å²) in [7, 11) is 1.29. The van der Waals surface area contributed by atoms with Crippen LogP contribution >= 0.6 is 0 Å². The molecule has 0 amide bonds. The van der Waals surface area contributed by atoms with Crippen LogP contribution < -0.4 is 4.74 Å². The zero-order chi connectivity index (χ0) is 23.5. The topological polar surface area (TPSA) is 78.7 Å². The van der Waals surface area contributed by atoms with Gasteiger partial charge in [0.2, 0.25) is 5.54 Å². The molecule has 6 nitrogen and oxygen atoms in total. The Morgan fingerprint density at radius 1 is 1.03 bits per heavy atom. The van der Waals surface area contributed by atoms with Crippen LogP contribution in [0.2, 0.25) is 0 Å².